The van der Waals surface area contributed by atoms with Crippen LogP contribution in [0.3, 0.4) is 0 Å². The van der Waals surface area contributed by atoms with Crippen molar-refractivity contribution in [1.29, 1.82) is 0 Å². The highest BCUT2D eigenvalue weighted by Crippen LogP contribution is 2.54. The maximum Gasteiger partial charge on any atom is 0.416 e. The van der Waals surface area contributed by atoms with E-state index in [2.05, 4.69) is 10.2 Å². The summed E-state index contributed by atoms with van der Waals surface area (Å²) < 4.78 is 45.1. The average molecular weight is 368 g/mol. The van der Waals surface area contributed by atoms with Gasteiger partial charge in [0.1, 0.15) is 0 Å². The molecule has 3 aliphatic rings. The maximum absolute atomic E-state index is 12.9. The first-order valence-corrected chi connectivity index (χ1v) is 9.08. The van der Waals surface area contributed by atoms with Gasteiger partial charge in [0, 0.05) is 44.9 Å². The van der Waals surface area contributed by atoms with Crippen LogP contribution in [0.4, 0.5) is 13.2 Å². The number of benzene rings is 1. The summed E-state index contributed by atoms with van der Waals surface area (Å²) in [5.41, 5.74) is -0.118. The van der Waals surface area contributed by atoms with E-state index in [1.807, 2.05) is 0 Å². The van der Waals surface area contributed by atoms with E-state index < -0.39 is 11.7 Å². The third-order valence-electron chi connectivity index (χ3n) is 6.10. The fraction of sp³-hybridized carbons (Fsp3) is 0.632. The van der Waals surface area contributed by atoms with Crippen molar-refractivity contribution < 1.29 is 22.7 Å². The molecule has 0 saturated carbocycles. The number of hydrogen-bond donors (Lipinski definition) is 1. The predicted molar refractivity (Wildman–Crippen MR) is 89.2 cm³/mol. The first kappa shape index (κ1) is 17.8. The van der Waals surface area contributed by atoms with Crippen LogP contribution in [0.25, 0.3) is 0 Å². The van der Waals surface area contributed by atoms with Crippen molar-refractivity contribution in [3.05, 3.63) is 35.4 Å². The van der Waals surface area contributed by atoms with Crippen LogP contribution in [0.1, 0.15) is 30.9 Å². The third kappa shape index (κ3) is 3.11. The van der Waals surface area contributed by atoms with Crippen LogP contribution < -0.4 is 5.32 Å². The zero-order chi connectivity index (χ0) is 18.5. The molecule has 0 aromatic heterocycles. The number of likely N-dealkylation sites (tertiary alicyclic amines) is 1. The van der Waals surface area contributed by atoms with Gasteiger partial charge in [-0.1, -0.05) is 18.2 Å². The van der Waals surface area contributed by atoms with Crippen LogP contribution in [0.5, 0.6) is 0 Å². The van der Waals surface area contributed by atoms with Gasteiger partial charge in [0.05, 0.1) is 17.3 Å². The largest absolute Gasteiger partial charge is 0.416 e. The van der Waals surface area contributed by atoms with Crippen molar-refractivity contribution in [2.45, 2.75) is 44.2 Å². The van der Waals surface area contributed by atoms with Crippen molar-refractivity contribution in [2.75, 3.05) is 19.6 Å². The summed E-state index contributed by atoms with van der Waals surface area (Å²) in [6.07, 6.45) is -2.13. The van der Waals surface area contributed by atoms with Crippen LogP contribution in [-0.2, 0) is 22.3 Å². The van der Waals surface area contributed by atoms with E-state index >= 15 is 0 Å². The lowest BCUT2D eigenvalue weighted by atomic mass is 9.73. The number of halogens is 3. The normalized spacial score (nSPS) is 33.5. The summed E-state index contributed by atoms with van der Waals surface area (Å²) in [5.74, 6) is 0.582. The number of nitrogens with one attached hydrogen (secondary N) is 1. The Morgan fingerprint density at radius 2 is 2.23 bits per heavy atom. The third-order valence-corrected chi connectivity index (χ3v) is 6.10. The minimum Gasteiger partial charge on any atom is -0.370 e. The molecule has 3 saturated heterocycles. The van der Waals surface area contributed by atoms with Crippen molar-refractivity contribution in [1.82, 2.24) is 10.2 Å². The molecule has 3 heterocycles. The van der Waals surface area contributed by atoms with Gasteiger partial charge in [0.2, 0.25) is 5.91 Å². The van der Waals surface area contributed by atoms with Crippen LogP contribution in [0.15, 0.2) is 24.3 Å². The van der Waals surface area contributed by atoms with Crippen LogP contribution >= 0.6 is 0 Å². The minimum absolute atomic E-state index is 0.0411. The van der Waals surface area contributed by atoms with Gasteiger partial charge in [-0.3, -0.25) is 9.69 Å². The minimum atomic E-state index is -4.32. The Bertz CT molecular complexity index is 708. The van der Waals surface area contributed by atoms with E-state index in [1.54, 1.807) is 6.07 Å². The monoisotopic (exact) mass is 368 g/mol. The summed E-state index contributed by atoms with van der Waals surface area (Å²) in [6, 6.07) is 5.55. The van der Waals surface area contributed by atoms with Crippen LogP contribution in [0, 0.1) is 11.8 Å². The summed E-state index contributed by atoms with van der Waals surface area (Å²) in [6.45, 7) is 4.17. The van der Waals surface area contributed by atoms with Crippen molar-refractivity contribution >= 4 is 5.91 Å². The van der Waals surface area contributed by atoms with E-state index in [4.69, 9.17) is 4.74 Å². The Kier molecular flexibility index (Phi) is 4.27. The summed E-state index contributed by atoms with van der Waals surface area (Å²) in [7, 11) is 0. The summed E-state index contributed by atoms with van der Waals surface area (Å²) >= 11 is 0. The van der Waals surface area contributed by atoms with E-state index in [0.29, 0.717) is 30.5 Å². The van der Waals surface area contributed by atoms with Gasteiger partial charge in [-0.25, -0.2) is 0 Å². The van der Waals surface area contributed by atoms with Gasteiger partial charge in [-0.2, -0.15) is 13.2 Å². The number of amides is 1. The highest BCUT2D eigenvalue weighted by Gasteiger charge is 2.62. The van der Waals surface area contributed by atoms with Gasteiger partial charge >= 0.3 is 6.18 Å². The molecule has 1 aromatic rings. The molecule has 3 fully saturated rings. The molecule has 1 amide bonds. The Hall–Kier alpha value is -1.60. The maximum atomic E-state index is 12.9. The first-order chi connectivity index (χ1) is 12.3. The number of rotatable bonds is 4. The average Bonchev–Trinajstić information content (AvgIpc) is 3.20. The van der Waals surface area contributed by atoms with Gasteiger partial charge in [0.15, 0.2) is 0 Å². The van der Waals surface area contributed by atoms with E-state index in [9.17, 15) is 18.0 Å². The molecule has 26 heavy (non-hydrogen) atoms. The lowest BCUT2D eigenvalue weighted by Crippen LogP contribution is -2.41. The molecule has 0 aliphatic carbocycles. The topological polar surface area (TPSA) is 41.6 Å². The number of ether oxygens (including phenoxy) is 1. The second-order valence-corrected chi connectivity index (χ2v) is 7.83. The molecule has 142 valence electrons. The zero-order valence-corrected chi connectivity index (χ0v) is 14.7. The number of carbonyl (C=O) groups is 1. The molecule has 4 atom stereocenters. The summed E-state index contributed by atoms with van der Waals surface area (Å²) in [4.78, 5) is 13.5. The molecule has 7 heteroatoms. The van der Waals surface area contributed by atoms with E-state index in [-0.39, 0.29) is 17.6 Å². The van der Waals surface area contributed by atoms with Crippen LogP contribution in [-0.4, -0.2) is 42.1 Å². The Labute approximate surface area is 150 Å². The molecular weight excluding hydrogens is 345 g/mol. The van der Waals surface area contributed by atoms with E-state index in [0.717, 1.165) is 32.0 Å². The number of hydrogen-bond acceptors (Lipinski definition) is 3. The van der Waals surface area contributed by atoms with Gasteiger partial charge in [-0.15, -0.1) is 0 Å². The number of nitrogens with zero attached hydrogens (tertiary/aromatic N) is 1. The van der Waals surface area contributed by atoms with Crippen LogP contribution in [0.2, 0.25) is 0 Å². The van der Waals surface area contributed by atoms with Gasteiger partial charge in [0.25, 0.3) is 0 Å². The molecular formula is C19H23F3N2O2. The van der Waals surface area contributed by atoms with Crippen molar-refractivity contribution in [3.63, 3.8) is 0 Å². The fourth-order valence-electron chi connectivity index (χ4n) is 5.05. The lowest BCUT2D eigenvalue weighted by Gasteiger charge is -2.29. The van der Waals surface area contributed by atoms with Crippen molar-refractivity contribution in [2.24, 2.45) is 11.8 Å². The molecule has 4 rings (SSSR count). The SMILES string of the molecule is CC(=O)NC[C@H]1[C@H]2CN(Cc3cccc(C(F)(F)F)c3)C[C@]23CC[C@H]1O3. The van der Waals surface area contributed by atoms with Crippen molar-refractivity contribution in [3.8, 4) is 0 Å². The number of fused-ring (bicyclic) bond motifs is 1. The second kappa shape index (κ2) is 6.23. The molecule has 0 unspecified atom stereocenters. The molecule has 0 radical (unpaired) electrons. The second-order valence-electron chi connectivity index (χ2n) is 7.83. The zero-order valence-electron chi connectivity index (χ0n) is 14.7. The molecule has 3 aliphatic heterocycles. The Morgan fingerprint density at radius 3 is 2.96 bits per heavy atom. The molecule has 2 bridgehead atoms. The standard InChI is InChI=1S/C19H23F3N2O2/c1-12(25)23-8-15-16-10-24(11-18(16)6-5-17(15)26-18)9-13-3-2-4-14(7-13)19(20,21)22/h2-4,7,15-17H,5-6,8-11H2,1H3,(H,23,25)/t15-,16+,17+,18+/m0/s1. The quantitative estimate of drug-likeness (QED) is 0.889. The Morgan fingerprint density at radius 1 is 1.42 bits per heavy atom. The molecule has 1 spiro atoms. The molecule has 1 N–H and O–H groups in total. The molecule has 1 aromatic carbocycles. The first-order valence-electron chi connectivity index (χ1n) is 9.08. The number of alkyl halides is 3. The summed E-state index contributed by atoms with van der Waals surface area (Å²) in [5, 5.41) is 2.91. The predicted octanol–water partition coefficient (Wildman–Crippen LogP) is 2.82. The highest BCUT2D eigenvalue weighted by molar-refractivity contribution is 5.72. The molecule has 4 nitrogen and oxygen atoms in total. The smallest absolute Gasteiger partial charge is 0.370 e. The highest BCUT2D eigenvalue weighted by atomic mass is 19.4. The number of carbonyl (C=O) groups excluding carboxylic acids is 1. The van der Waals surface area contributed by atoms with Gasteiger partial charge in [-0.05, 0) is 24.5 Å². The fourth-order valence-corrected chi connectivity index (χ4v) is 5.05. The van der Waals surface area contributed by atoms with Gasteiger partial charge < -0.3 is 10.1 Å². The van der Waals surface area contributed by atoms with E-state index in [1.165, 1.54) is 19.1 Å². The lowest BCUT2D eigenvalue weighted by molar-refractivity contribution is -0.137. The Balaban J connectivity index is 1.46.